The summed E-state index contributed by atoms with van der Waals surface area (Å²) in [6.07, 6.45) is 2.05. The van der Waals surface area contributed by atoms with Crippen molar-refractivity contribution in [2.75, 3.05) is 13.2 Å². The lowest BCUT2D eigenvalue weighted by atomic mass is 10.0. The standard InChI is InChI=1S/C16H23Cl6NO3/c1-10-4-6-12(23-14(2,3)24)11(10)5-7-13(25-8-15(17,18)19)26-9-16(20,21)22/h13,24H,4-9H2,1-3H3. The molecule has 10 heteroatoms. The fourth-order valence-corrected chi connectivity index (χ4v) is 2.90. The lowest BCUT2D eigenvalue weighted by molar-refractivity contribution is -0.143. The Labute approximate surface area is 184 Å². The number of nitrogens with zero attached hydrogens (tertiary/aromatic N) is 1. The van der Waals surface area contributed by atoms with Crippen molar-refractivity contribution >= 4 is 75.3 Å². The summed E-state index contributed by atoms with van der Waals surface area (Å²) in [7, 11) is 0. The summed E-state index contributed by atoms with van der Waals surface area (Å²) >= 11 is 34.4. The monoisotopic (exact) mass is 487 g/mol. The maximum atomic E-state index is 9.96. The summed E-state index contributed by atoms with van der Waals surface area (Å²) < 4.78 is 7.91. The first-order valence-corrected chi connectivity index (χ1v) is 10.3. The Morgan fingerprint density at radius 1 is 1.00 bits per heavy atom. The van der Waals surface area contributed by atoms with Crippen LogP contribution in [0.5, 0.6) is 0 Å². The minimum Gasteiger partial charge on any atom is -0.370 e. The quantitative estimate of drug-likeness (QED) is 0.329. The highest BCUT2D eigenvalue weighted by atomic mass is 35.6. The lowest BCUT2D eigenvalue weighted by Gasteiger charge is -2.23. The van der Waals surface area contributed by atoms with Gasteiger partial charge in [-0.05, 0) is 45.6 Å². The third-order valence-electron chi connectivity index (χ3n) is 3.50. The molecule has 0 bridgehead atoms. The van der Waals surface area contributed by atoms with Gasteiger partial charge < -0.3 is 14.6 Å². The van der Waals surface area contributed by atoms with E-state index in [1.165, 1.54) is 5.57 Å². The molecule has 4 nitrogen and oxygen atoms in total. The van der Waals surface area contributed by atoms with Gasteiger partial charge in [0, 0.05) is 12.1 Å². The number of aliphatic imine (C=N–C) groups is 1. The minimum atomic E-state index is -1.57. The van der Waals surface area contributed by atoms with Gasteiger partial charge in [-0.3, -0.25) is 4.99 Å². The van der Waals surface area contributed by atoms with Crippen molar-refractivity contribution < 1.29 is 14.6 Å². The van der Waals surface area contributed by atoms with Crippen LogP contribution in [0.1, 0.15) is 46.5 Å². The molecule has 1 rings (SSSR count). The highest BCUT2D eigenvalue weighted by Gasteiger charge is 2.28. The number of ether oxygens (including phenoxy) is 2. The molecule has 0 saturated carbocycles. The molecule has 152 valence electrons. The molecule has 0 fully saturated rings. The molecule has 0 heterocycles. The number of alkyl halides is 6. The van der Waals surface area contributed by atoms with Crippen LogP contribution in [0.2, 0.25) is 0 Å². The van der Waals surface area contributed by atoms with Gasteiger partial charge in [0.1, 0.15) is 0 Å². The summed E-state index contributed by atoms with van der Waals surface area (Å²) in [4.78, 5) is 4.39. The van der Waals surface area contributed by atoms with Crippen LogP contribution < -0.4 is 0 Å². The second kappa shape index (κ2) is 10.2. The topological polar surface area (TPSA) is 51.0 Å². The fraction of sp³-hybridized carbons (Fsp3) is 0.812. The Hall–Kier alpha value is 1.03. The SMILES string of the molecule is CC1=C(CCC(OCC(Cl)(Cl)Cl)OCC(Cl)(Cl)Cl)C(=NC(C)(C)O)CC1. The second-order valence-corrected chi connectivity index (χ2v) is 11.7. The molecule has 0 unspecified atom stereocenters. The maximum Gasteiger partial charge on any atom is 0.213 e. The van der Waals surface area contributed by atoms with Crippen LogP contribution in [0.4, 0.5) is 0 Å². The number of hydrogen-bond acceptors (Lipinski definition) is 4. The third kappa shape index (κ3) is 11.1. The second-order valence-electron chi connectivity index (χ2n) is 6.63. The predicted molar refractivity (Wildman–Crippen MR) is 111 cm³/mol. The first kappa shape index (κ1) is 25.1. The van der Waals surface area contributed by atoms with Crippen LogP contribution in [0, 0.1) is 0 Å². The summed E-state index contributed by atoms with van der Waals surface area (Å²) in [5.74, 6) is 0. The van der Waals surface area contributed by atoms with Crippen molar-refractivity contribution in [3.05, 3.63) is 11.1 Å². The molecule has 0 radical (unpaired) electrons. The van der Waals surface area contributed by atoms with E-state index in [1.54, 1.807) is 13.8 Å². The van der Waals surface area contributed by atoms with E-state index >= 15 is 0 Å². The van der Waals surface area contributed by atoms with Gasteiger partial charge in [0.25, 0.3) is 0 Å². The van der Waals surface area contributed by atoms with E-state index in [2.05, 4.69) is 4.99 Å². The molecule has 1 N–H and O–H groups in total. The highest BCUT2D eigenvalue weighted by molar-refractivity contribution is 6.68. The average molecular weight is 490 g/mol. The zero-order valence-corrected chi connectivity index (χ0v) is 19.3. The van der Waals surface area contributed by atoms with Gasteiger partial charge in [0.2, 0.25) is 7.59 Å². The Morgan fingerprint density at radius 2 is 1.50 bits per heavy atom. The van der Waals surface area contributed by atoms with E-state index in [0.29, 0.717) is 12.8 Å². The zero-order valence-electron chi connectivity index (χ0n) is 14.8. The molecular formula is C16H23Cl6NO3. The van der Waals surface area contributed by atoms with Gasteiger partial charge in [-0.1, -0.05) is 75.2 Å². The van der Waals surface area contributed by atoms with Gasteiger partial charge >= 0.3 is 0 Å². The third-order valence-corrected chi connectivity index (χ3v) is 4.16. The van der Waals surface area contributed by atoms with Crippen molar-refractivity contribution in [1.29, 1.82) is 0 Å². The van der Waals surface area contributed by atoms with Crippen LogP contribution in [-0.2, 0) is 9.47 Å². The molecule has 0 saturated heterocycles. The molecule has 0 aromatic heterocycles. The average Bonchev–Trinajstić information content (AvgIpc) is 2.74. The van der Waals surface area contributed by atoms with Crippen LogP contribution in [0.3, 0.4) is 0 Å². The van der Waals surface area contributed by atoms with Crippen LogP contribution in [-0.4, -0.2) is 43.6 Å². The minimum absolute atomic E-state index is 0.162. The van der Waals surface area contributed by atoms with Crippen molar-refractivity contribution in [3.63, 3.8) is 0 Å². The normalized spacial score (nSPS) is 18.5. The molecule has 0 spiro atoms. The summed E-state index contributed by atoms with van der Waals surface area (Å²) in [5, 5.41) is 9.96. The van der Waals surface area contributed by atoms with Crippen molar-refractivity contribution in [2.24, 2.45) is 4.99 Å². The Bertz CT molecular complexity index is 514. The van der Waals surface area contributed by atoms with Gasteiger partial charge in [0.05, 0.1) is 13.2 Å². The van der Waals surface area contributed by atoms with E-state index in [9.17, 15) is 5.11 Å². The molecule has 0 amide bonds. The Kier molecular flexibility index (Phi) is 9.81. The lowest BCUT2D eigenvalue weighted by Crippen LogP contribution is -2.27. The summed E-state index contributed by atoms with van der Waals surface area (Å²) in [6.45, 7) is 5.00. The smallest absolute Gasteiger partial charge is 0.213 e. The predicted octanol–water partition coefficient (Wildman–Crippen LogP) is 6.15. The molecule has 1 aliphatic carbocycles. The van der Waals surface area contributed by atoms with Crippen molar-refractivity contribution in [2.45, 2.75) is 66.1 Å². The largest absolute Gasteiger partial charge is 0.370 e. The van der Waals surface area contributed by atoms with E-state index < -0.39 is 19.6 Å². The summed E-state index contributed by atoms with van der Waals surface area (Å²) in [6, 6.07) is 0. The van der Waals surface area contributed by atoms with E-state index in [1.807, 2.05) is 6.92 Å². The molecule has 1 aliphatic rings. The first-order valence-electron chi connectivity index (χ1n) is 8.03. The van der Waals surface area contributed by atoms with E-state index in [0.717, 1.165) is 24.1 Å². The van der Waals surface area contributed by atoms with Crippen LogP contribution >= 0.6 is 69.6 Å². The van der Waals surface area contributed by atoms with Gasteiger partial charge in [-0.2, -0.15) is 0 Å². The summed E-state index contributed by atoms with van der Waals surface area (Å²) in [5.41, 5.74) is 2.06. The number of aliphatic hydroxyl groups is 1. The Morgan fingerprint density at radius 3 is 1.92 bits per heavy atom. The Balaban J connectivity index is 2.76. The molecular weight excluding hydrogens is 467 g/mol. The van der Waals surface area contributed by atoms with Crippen molar-refractivity contribution in [1.82, 2.24) is 0 Å². The number of rotatable bonds is 8. The van der Waals surface area contributed by atoms with Crippen molar-refractivity contribution in [3.8, 4) is 0 Å². The first-order chi connectivity index (χ1) is 11.7. The van der Waals surface area contributed by atoms with E-state index in [-0.39, 0.29) is 13.2 Å². The fourth-order valence-electron chi connectivity index (χ4n) is 2.52. The molecule has 0 aliphatic heterocycles. The maximum absolute atomic E-state index is 9.96. The van der Waals surface area contributed by atoms with E-state index in [4.69, 9.17) is 79.1 Å². The van der Waals surface area contributed by atoms with Gasteiger partial charge in [-0.25, -0.2) is 0 Å². The molecule has 0 aromatic carbocycles. The number of hydrogen-bond donors (Lipinski definition) is 1. The van der Waals surface area contributed by atoms with Crippen LogP contribution in [0.15, 0.2) is 16.1 Å². The number of halogens is 6. The molecule has 0 atom stereocenters. The highest BCUT2D eigenvalue weighted by Crippen LogP contribution is 2.32. The molecule has 0 aromatic rings. The molecule has 26 heavy (non-hydrogen) atoms. The van der Waals surface area contributed by atoms with Gasteiger partial charge in [0.15, 0.2) is 12.0 Å². The number of allylic oxidation sites excluding steroid dienone is 2. The van der Waals surface area contributed by atoms with Crippen LogP contribution in [0.25, 0.3) is 0 Å². The zero-order chi connectivity index (χ0) is 20.2. The van der Waals surface area contributed by atoms with Gasteiger partial charge in [-0.15, -0.1) is 0 Å².